The highest BCUT2D eigenvalue weighted by molar-refractivity contribution is 6.35. The van der Waals surface area contributed by atoms with Gasteiger partial charge in [-0.3, -0.25) is 9.59 Å². The van der Waals surface area contributed by atoms with E-state index in [2.05, 4.69) is 15.3 Å². The van der Waals surface area contributed by atoms with Gasteiger partial charge in [0.25, 0.3) is 5.91 Å². The van der Waals surface area contributed by atoms with Crippen molar-refractivity contribution in [1.82, 2.24) is 9.97 Å². The number of benzene rings is 2. The largest absolute Gasteiger partial charge is 0.345 e. The van der Waals surface area contributed by atoms with Crippen LogP contribution in [0, 0.1) is 0 Å². The molecule has 0 unspecified atom stereocenters. The SMILES string of the molecule is O=C1Nc2ccc(C(=O)c3ccccc3)cc2C1=Cc1ncc[nH]1. The third-order valence-electron chi connectivity index (χ3n) is 3.90. The zero-order chi connectivity index (χ0) is 16.5. The summed E-state index contributed by atoms with van der Waals surface area (Å²) in [5, 5.41) is 2.81. The number of nitrogens with one attached hydrogen (secondary N) is 2. The van der Waals surface area contributed by atoms with E-state index in [1.54, 1.807) is 48.8 Å². The van der Waals surface area contributed by atoms with Crippen LogP contribution in [-0.4, -0.2) is 21.7 Å². The van der Waals surface area contributed by atoms with Crippen LogP contribution in [0.25, 0.3) is 11.6 Å². The van der Waals surface area contributed by atoms with Gasteiger partial charge in [0, 0.05) is 34.8 Å². The minimum Gasteiger partial charge on any atom is -0.345 e. The van der Waals surface area contributed by atoms with Gasteiger partial charge in [0.15, 0.2) is 5.78 Å². The Labute approximate surface area is 138 Å². The van der Waals surface area contributed by atoms with Crippen molar-refractivity contribution in [1.29, 1.82) is 0 Å². The highest BCUT2D eigenvalue weighted by Crippen LogP contribution is 2.33. The molecule has 0 bridgehead atoms. The molecule has 24 heavy (non-hydrogen) atoms. The molecule has 3 aromatic rings. The molecule has 0 aliphatic carbocycles. The minimum atomic E-state index is -0.203. The van der Waals surface area contributed by atoms with Crippen LogP contribution < -0.4 is 5.32 Å². The number of nitrogens with zero attached hydrogens (tertiary/aromatic N) is 1. The summed E-state index contributed by atoms with van der Waals surface area (Å²) in [6, 6.07) is 14.3. The van der Waals surface area contributed by atoms with Gasteiger partial charge in [-0.05, 0) is 24.3 Å². The van der Waals surface area contributed by atoms with Crippen LogP contribution in [-0.2, 0) is 4.79 Å². The van der Waals surface area contributed by atoms with Crippen LogP contribution in [0.2, 0.25) is 0 Å². The molecular weight excluding hydrogens is 302 g/mol. The number of aromatic amines is 1. The fourth-order valence-corrected chi connectivity index (χ4v) is 2.72. The zero-order valence-electron chi connectivity index (χ0n) is 12.6. The van der Waals surface area contributed by atoms with E-state index in [1.807, 2.05) is 18.2 Å². The Morgan fingerprint density at radius 2 is 1.88 bits per heavy atom. The summed E-state index contributed by atoms with van der Waals surface area (Å²) in [6.07, 6.45) is 4.99. The number of anilines is 1. The number of hydrogen-bond acceptors (Lipinski definition) is 3. The molecule has 1 aliphatic rings. The third kappa shape index (κ3) is 2.42. The highest BCUT2D eigenvalue weighted by Gasteiger charge is 2.25. The van der Waals surface area contributed by atoms with Gasteiger partial charge < -0.3 is 10.3 Å². The summed E-state index contributed by atoms with van der Waals surface area (Å²) in [7, 11) is 0. The van der Waals surface area contributed by atoms with Crippen LogP contribution in [0.5, 0.6) is 0 Å². The molecular formula is C19H13N3O2. The summed E-state index contributed by atoms with van der Waals surface area (Å²) in [5.41, 5.74) is 3.05. The Morgan fingerprint density at radius 1 is 1.04 bits per heavy atom. The second-order valence-electron chi connectivity index (χ2n) is 5.44. The van der Waals surface area contributed by atoms with E-state index in [0.29, 0.717) is 33.8 Å². The monoisotopic (exact) mass is 315 g/mol. The van der Waals surface area contributed by atoms with Crippen molar-refractivity contribution in [3.63, 3.8) is 0 Å². The van der Waals surface area contributed by atoms with E-state index >= 15 is 0 Å². The number of ketones is 1. The number of fused-ring (bicyclic) bond motifs is 1. The molecule has 0 radical (unpaired) electrons. The number of carbonyl (C=O) groups excluding carboxylic acids is 2. The van der Waals surface area contributed by atoms with Crippen molar-refractivity contribution in [2.75, 3.05) is 5.32 Å². The first-order chi connectivity index (χ1) is 11.7. The molecule has 5 heteroatoms. The average molecular weight is 315 g/mol. The lowest BCUT2D eigenvalue weighted by atomic mass is 9.98. The molecule has 1 aromatic heterocycles. The molecule has 0 spiro atoms. The standard InChI is InChI=1S/C19H13N3O2/c23-18(12-4-2-1-3-5-12)13-6-7-16-14(10-13)15(19(24)22-16)11-17-20-8-9-21-17/h1-11H,(H,20,21)(H,22,24). The van der Waals surface area contributed by atoms with Crippen molar-refractivity contribution < 1.29 is 9.59 Å². The average Bonchev–Trinajstić information content (AvgIpc) is 3.23. The molecule has 1 amide bonds. The maximum absolute atomic E-state index is 12.6. The zero-order valence-corrected chi connectivity index (χ0v) is 12.6. The first-order valence-corrected chi connectivity index (χ1v) is 7.49. The Hall–Kier alpha value is -3.47. The van der Waals surface area contributed by atoms with Gasteiger partial charge in [0.05, 0.1) is 5.57 Å². The van der Waals surface area contributed by atoms with Crippen LogP contribution >= 0.6 is 0 Å². The second kappa shape index (κ2) is 5.62. The predicted octanol–water partition coefficient (Wildman–Crippen LogP) is 3.13. The topological polar surface area (TPSA) is 74.8 Å². The smallest absolute Gasteiger partial charge is 0.256 e. The first kappa shape index (κ1) is 14.1. The Morgan fingerprint density at radius 3 is 2.62 bits per heavy atom. The van der Waals surface area contributed by atoms with Gasteiger partial charge >= 0.3 is 0 Å². The minimum absolute atomic E-state index is 0.0740. The van der Waals surface area contributed by atoms with Gasteiger partial charge in [0.1, 0.15) is 5.82 Å². The van der Waals surface area contributed by atoms with Crippen molar-refractivity contribution >= 4 is 29.0 Å². The molecule has 0 atom stereocenters. The van der Waals surface area contributed by atoms with Crippen LogP contribution in [0.15, 0.2) is 60.9 Å². The van der Waals surface area contributed by atoms with Crippen LogP contribution in [0.4, 0.5) is 5.69 Å². The molecule has 4 rings (SSSR count). The maximum Gasteiger partial charge on any atom is 0.256 e. The summed E-state index contributed by atoms with van der Waals surface area (Å²) >= 11 is 0. The lowest BCUT2D eigenvalue weighted by Crippen LogP contribution is -2.03. The van der Waals surface area contributed by atoms with E-state index in [-0.39, 0.29) is 11.7 Å². The number of rotatable bonds is 3. The summed E-state index contributed by atoms with van der Waals surface area (Å²) in [4.78, 5) is 31.9. The number of hydrogen-bond donors (Lipinski definition) is 2. The normalized spacial score (nSPS) is 14.5. The van der Waals surface area contributed by atoms with Crippen molar-refractivity contribution in [2.24, 2.45) is 0 Å². The fourth-order valence-electron chi connectivity index (χ4n) is 2.72. The Balaban J connectivity index is 1.77. The molecule has 2 N–H and O–H groups in total. The molecule has 5 nitrogen and oxygen atoms in total. The predicted molar refractivity (Wildman–Crippen MR) is 91.4 cm³/mol. The number of aromatic nitrogens is 2. The highest BCUT2D eigenvalue weighted by atomic mass is 16.2. The number of amides is 1. The van der Waals surface area contributed by atoms with E-state index in [9.17, 15) is 9.59 Å². The summed E-state index contributed by atoms with van der Waals surface area (Å²) in [6.45, 7) is 0. The number of imidazole rings is 1. The van der Waals surface area contributed by atoms with Crippen molar-refractivity contribution in [3.05, 3.63) is 83.4 Å². The van der Waals surface area contributed by atoms with E-state index in [1.165, 1.54) is 0 Å². The van der Waals surface area contributed by atoms with Gasteiger partial charge in [-0.1, -0.05) is 30.3 Å². The maximum atomic E-state index is 12.6. The molecule has 0 fully saturated rings. The molecule has 116 valence electrons. The van der Waals surface area contributed by atoms with E-state index in [0.717, 1.165) is 0 Å². The Bertz CT molecular complexity index is 958. The molecule has 0 saturated carbocycles. The lowest BCUT2D eigenvalue weighted by molar-refractivity contribution is -0.110. The fraction of sp³-hybridized carbons (Fsp3) is 0. The molecule has 2 heterocycles. The van der Waals surface area contributed by atoms with Gasteiger partial charge in [0.2, 0.25) is 0 Å². The lowest BCUT2D eigenvalue weighted by Gasteiger charge is -2.04. The summed E-state index contributed by atoms with van der Waals surface area (Å²) < 4.78 is 0. The van der Waals surface area contributed by atoms with E-state index < -0.39 is 0 Å². The molecule has 1 aliphatic heterocycles. The summed E-state index contributed by atoms with van der Waals surface area (Å²) in [5.74, 6) is 0.314. The third-order valence-corrected chi connectivity index (χ3v) is 3.90. The second-order valence-corrected chi connectivity index (χ2v) is 5.44. The first-order valence-electron chi connectivity index (χ1n) is 7.49. The van der Waals surface area contributed by atoms with Crippen molar-refractivity contribution in [3.8, 4) is 0 Å². The molecule has 0 saturated heterocycles. The molecule has 2 aromatic carbocycles. The van der Waals surface area contributed by atoms with Gasteiger partial charge in [-0.15, -0.1) is 0 Å². The van der Waals surface area contributed by atoms with Crippen molar-refractivity contribution in [2.45, 2.75) is 0 Å². The van der Waals surface area contributed by atoms with Gasteiger partial charge in [-0.2, -0.15) is 0 Å². The number of carbonyl (C=O) groups is 2. The quantitative estimate of drug-likeness (QED) is 0.576. The van der Waals surface area contributed by atoms with E-state index in [4.69, 9.17) is 0 Å². The number of H-pyrrole nitrogens is 1. The van der Waals surface area contributed by atoms with Crippen LogP contribution in [0.1, 0.15) is 27.3 Å². The van der Waals surface area contributed by atoms with Crippen LogP contribution in [0.3, 0.4) is 0 Å². The van der Waals surface area contributed by atoms with Gasteiger partial charge in [-0.25, -0.2) is 4.98 Å². The Kier molecular flexibility index (Phi) is 3.31.